The molecular formula is C20H23N3O2. The molecule has 5 nitrogen and oxygen atoms in total. The summed E-state index contributed by atoms with van der Waals surface area (Å²) in [6.45, 7) is 7.21. The molecule has 2 aromatic rings. The Bertz CT molecular complexity index is 799. The third kappa shape index (κ3) is 3.65. The summed E-state index contributed by atoms with van der Waals surface area (Å²) in [5.41, 5.74) is 4.99. The number of rotatable bonds is 4. The van der Waals surface area contributed by atoms with Crippen LogP contribution in [-0.2, 0) is 4.79 Å². The van der Waals surface area contributed by atoms with Crippen molar-refractivity contribution in [3.8, 4) is 0 Å². The number of nitrogens with zero attached hydrogens (tertiary/aromatic N) is 2. The van der Waals surface area contributed by atoms with E-state index in [0.29, 0.717) is 13.1 Å². The van der Waals surface area contributed by atoms with Crippen molar-refractivity contribution in [1.29, 1.82) is 0 Å². The molecule has 0 unspecified atom stereocenters. The van der Waals surface area contributed by atoms with Crippen molar-refractivity contribution in [2.45, 2.75) is 20.8 Å². The van der Waals surface area contributed by atoms with Gasteiger partial charge in [-0.1, -0.05) is 29.8 Å². The van der Waals surface area contributed by atoms with E-state index >= 15 is 0 Å². The van der Waals surface area contributed by atoms with Crippen molar-refractivity contribution >= 4 is 23.3 Å². The Morgan fingerprint density at radius 1 is 1.04 bits per heavy atom. The van der Waals surface area contributed by atoms with Gasteiger partial charge in [-0.05, 0) is 50.1 Å². The monoisotopic (exact) mass is 337 g/mol. The van der Waals surface area contributed by atoms with Crippen LogP contribution in [0.5, 0.6) is 0 Å². The van der Waals surface area contributed by atoms with Crippen molar-refractivity contribution in [3.05, 3.63) is 59.2 Å². The van der Waals surface area contributed by atoms with Crippen LogP contribution in [0.1, 0.15) is 16.7 Å². The minimum atomic E-state index is -0.173. The number of hydrogen-bond acceptors (Lipinski definition) is 2. The van der Waals surface area contributed by atoms with Crippen LogP contribution >= 0.6 is 0 Å². The maximum absolute atomic E-state index is 12.6. The van der Waals surface area contributed by atoms with E-state index in [0.717, 1.165) is 28.1 Å². The van der Waals surface area contributed by atoms with Crippen LogP contribution in [-0.4, -0.2) is 36.5 Å². The Labute approximate surface area is 148 Å². The smallest absolute Gasteiger partial charge is 0.324 e. The highest BCUT2D eigenvalue weighted by Crippen LogP contribution is 2.21. The van der Waals surface area contributed by atoms with Crippen molar-refractivity contribution in [2.75, 3.05) is 29.9 Å². The van der Waals surface area contributed by atoms with Gasteiger partial charge in [0, 0.05) is 24.5 Å². The lowest BCUT2D eigenvalue weighted by atomic mass is 10.1. The van der Waals surface area contributed by atoms with Crippen LogP contribution in [0.4, 0.5) is 16.2 Å². The third-order valence-electron chi connectivity index (χ3n) is 4.65. The molecule has 1 fully saturated rings. The Hall–Kier alpha value is -2.82. The molecular weight excluding hydrogens is 314 g/mol. The second-order valence-corrected chi connectivity index (χ2v) is 6.49. The van der Waals surface area contributed by atoms with Crippen LogP contribution in [0.3, 0.4) is 0 Å². The van der Waals surface area contributed by atoms with Crippen LogP contribution in [0.15, 0.2) is 42.5 Å². The minimum Gasteiger partial charge on any atom is -0.324 e. The number of urea groups is 1. The van der Waals surface area contributed by atoms with Crippen LogP contribution < -0.4 is 10.2 Å². The molecule has 3 amide bonds. The number of benzene rings is 2. The Morgan fingerprint density at radius 2 is 1.76 bits per heavy atom. The summed E-state index contributed by atoms with van der Waals surface area (Å²) in [6.07, 6.45) is 0. The first kappa shape index (κ1) is 17.0. The summed E-state index contributed by atoms with van der Waals surface area (Å²) >= 11 is 0. The van der Waals surface area contributed by atoms with E-state index in [4.69, 9.17) is 0 Å². The average molecular weight is 337 g/mol. The van der Waals surface area contributed by atoms with Gasteiger partial charge < -0.3 is 10.2 Å². The van der Waals surface area contributed by atoms with E-state index in [-0.39, 0.29) is 18.5 Å². The summed E-state index contributed by atoms with van der Waals surface area (Å²) in [4.78, 5) is 28.2. The van der Waals surface area contributed by atoms with E-state index in [1.165, 1.54) is 0 Å². The van der Waals surface area contributed by atoms with Gasteiger partial charge in [0.15, 0.2) is 0 Å². The Kier molecular flexibility index (Phi) is 4.74. The molecule has 1 aliphatic rings. The van der Waals surface area contributed by atoms with Crippen LogP contribution in [0.25, 0.3) is 0 Å². The van der Waals surface area contributed by atoms with Gasteiger partial charge in [0.25, 0.3) is 0 Å². The van der Waals surface area contributed by atoms with E-state index in [2.05, 4.69) is 5.32 Å². The first-order chi connectivity index (χ1) is 12.0. The zero-order chi connectivity index (χ0) is 18.0. The summed E-state index contributed by atoms with van der Waals surface area (Å²) in [7, 11) is 0. The molecule has 1 saturated heterocycles. The SMILES string of the molecule is Cc1ccc(N2CCN(CC(=O)Nc3cccc(C)c3C)C2=O)cc1. The first-order valence-electron chi connectivity index (χ1n) is 8.45. The van der Waals surface area contributed by atoms with E-state index < -0.39 is 0 Å². The molecule has 0 saturated carbocycles. The van der Waals surface area contributed by atoms with E-state index in [1.54, 1.807) is 9.80 Å². The number of anilines is 2. The molecule has 130 valence electrons. The van der Waals surface area contributed by atoms with Gasteiger partial charge in [-0.15, -0.1) is 0 Å². The van der Waals surface area contributed by atoms with Crippen molar-refractivity contribution in [1.82, 2.24) is 4.90 Å². The highest BCUT2D eigenvalue weighted by atomic mass is 16.2. The second-order valence-electron chi connectivity index (χ2n) is 6.49. The van der Waals surface area contributed by atoms with Crippen molar-refractivity contribution in [3.63, 3.8) is 0 Å². The molecule has 1 N–H and O–H groups in total. The number of carbonyl (C=O) groups excluding carboxylic acids is 2. The van der Waals surface area contributed by atoms with Gasteiger partial charge in [-0.3, -0.25) is 9.69 Å². The summed E-state index contributed by atoms with van der Waals surface area (Å²) in [5, 5.41) is 2.91. The highest BCUT2D eigenvalue weighted by molar-refractivity contribution is 5.99. The largest absolute Gasteiger partial charge is 0.325 e. The summed E-state index contributed by atoms with van der Waals surface area (Å²) < 4.78 is 0. The standard InChI is InChI=1S/C20H23N3O2/c1-14-7-9-17(10-8-14)23-12-11-22(20(23)25)13-19(24)21-18-6-4-5-15(2)16(18)3/h4-10H,11-13H2,1-3H3,(H,21,24). The zero-order valence-corrected chi connectivity index (χ0v) is 14.9. The number of hydrogen-bond donors (Lipinski definition) is 1. The van der Waals surface area contributed by atoms with Gasteiger partial charge in [0.1, 0.15) is 6.54 Å². The van der Waals surface area contributed by atoms with Gasteiger partial charge in [-0.25, -0.2) is 4.79 Å². The molecule has 5 heteroatoms. The Morgan fingerprint density at radius 3 is 2.48 bits per heavy atom. The van der Waals surface area contributed by atoms with Gasteiger partial charge in [0.2, 0.25) is 5.91 Å². The zero-order valence-electron chi connectivity index (χ0n) is 14.9. The fourth-order valence-corrected chi connectivity index (χ4v) is 2.94. The summed E-state index contributed by atoms with van der Waals surface area (Å²) in [6, 6.07) is 13.5. The lowest BCUT2D eigenvalue weighted by Crippen LogP contribution is -2.37. The fourth-order valence-electron chi connectivity index (χ4n) is 2.94. The van der Waals surface area contributed by atoms with E-state index in [1.807, 2.05) is 63.2 Å². The van der Waals surface area contributed by atoms with Crippen LogP contribution in [0, 0.1) is 20.8 Å². The fraction of sp³-hybridized carbons (Fsp3) is 0.300. The molecule has 0 atom stereocenters. The number of aryl methyl sites for hydroxylation is 2. The maximum atomic E-state index is 12.6. The number of carbonyl (C=O) groups is 2. The van der Waals surface area contributed by atoms with Gasteiger partial charge >= 0.3 is 6.03 Å². The topological polar surface area (TPSA) is 52.6 Å². The Balaban J connectivity index is 1.63. The molecule has 0 radical (unpaired) electrons. The third-order valence-corrected chi connectivity index (χ3v) is 4.65. The van der Waals surface area contributed by atoms with E-state index in [9.17, 15) is 9.59 Å². The quantitative estimate of drug-likeness (QED) is 0.928. The van der Waals surface area contributed by atoms with Gasteiger partial charge in [-0.2, -0.15) is 0 Å². The lowest BCUT2D eigenvalue weighted by molar-refractivity contribution is -0.116. The number of amides is 3. The minimum absolute atomic E-state index is 0.0641. The second kappa shape index (κ2) is 6.97. The molecule has 0 aliphatic carbocycles. The van der Waals surface area contributed by atoms with Gasteiger partial charge in [0.05, 0.1) is 0 Å². The summed E-state index contributed by atoms with van der Waals surface area (Å²) in [5.74, 6) is -0.173. The van der Waals surface area contributed by atoms with Crippen LogP contribution in [0.2, 0.25) is 0 Å². The predicted octanol–water partition coefficient (Wildman–Crippen LogP) is 3.49. The highest BCUT2D eigenvalue weighted by Gasteiger charge is 2.30. The van der Waals surface area contributed by atoms with Crippen molar-refractivity contribution in [2.24, 2.45) is 0 Å². The first-order valence-corrected chi connectivity index (χ1v) is 8.45. The lowest BCUT2D eigenvalue weighted by Gasteiger charge is -2.19. The molecule has 25 heavy (non-hydrogen) atoms. The molecule has 3 rings (SSSR count). The van der Waals surface area contributed by atoms with Crippen molar-refractivity contribution < 1.29 is 9.59 Å². The molecule has 0 spiro atoms. The normalized spacial score (nSPS) is 14.1. The molecule has 1 heterocycles. The molecule has 1 aliphatic heterocycles. The number of nitrogens with one attached hydrogen (secondary N) is 1. The predicted molar refractivity (Wildman–Crippen MR) is 100 cm³/mol. The molecule has 0 aromatic heterocycles. The molecule has 0 bridgehead atoms. The average Bonchev–Trinajstić information content (AvgIpc) is 2.93. The molecule has 2 aromatic carbocycles. The maximum Gasteiger partial charge on any atom is 0.325 e.